The lowest BCUT2D eigenvalue weighted by atomic mass is 9.87. The third kappa shape index (κ3) is 8.77. The first-order valence-corrected chi connectivity index (χ1v) is 26.0. The Morgan fingerprint density at radius 1 is 0.792 bits per heavy atom. The lowest BCUT2D eigenvalue weighted by Gasteiger charge is -2.38. The number of ether oxygens (including phenoxy) is 4. The molecule has 11 rings (SSSR count). The topological polar surface area (TPSA) is 165 Å². The Kier molecular flexibility index (Phi) is 12.8. The molecule has 0 bridgehead atoms. The van der Waals surface area contributed by atoms with Gasteiger partial charge in [-0.1, -0.05) is 19.9 Å². The van der Waals surface area contributed by atoms with Gasteiger partial charge in [0.2, 0.25) is 18.0 Å². The number of nitrogens with zero attached hydrogens (tertiary/aromatic N) is 5. The van der Waals surface area contributed by atoms with Gasteiger partial charge in [0.05, 0.1) is 48.0 Å². The number of likely N-dealkylation sites (tertiary alicyclic amines) is 2. The number of rotatable bonds is 12. The molecule has 1 aliphatic carbocycles. The highest BCUT2D eigenvalue weighted by molar-refractivity contribution is 7.12. The van der Waals surface area contributed by atoms with Gasteiger partial charge < -0.3 is 39.4 Å². The van der Waals surface area contributed by atoms with Gasteiger partial charge in [0, 0.05) is 86.1 Å². The summed E-state index contributed by atoms with van der Waals surface area (Å²) < 4.78 is 57.5. The van der Waals surface area contributed by atoms with Crippen molar-refractivity contribution in [2.75, 3.05) is 40.5 Å². The number of nitrogens with one attached hydrogen (secondary N) is 2. The summed E-state index contributed by atoms with van der Waals surface area (Å²) in [5.41, 5.74) is 4.93. The van der Waals surface area contributed by atoms with Gasteiger partial charge in [-0.3, -0.25) is 24.1 Å². The van der Waals surface area contributed by atoms with E-state index in [9.17, 15) is 19.2 Å². The van der Waals surface area contributed by atoms with Crippen molar-refractivity contribution in [2.45, 2.75) is 120 Å². The van der Waals surface area contributed by atoms with Crippen molar-refractivity contribution in [1.29, 1.82) is 0 Å². The molecule has 72 heavy (non-hydrogen) atoms. The van der Waals surface area contributed by atoms with Gasteiger partial charge in [-0.2, -0.15) is 0 Å². The van der Waals surface area contributed by atoms with Gasteiger partial charge in [-0.15, -0.1) is 11.3 Å². The second kappa shape index (κ2) is 19.2. The van der Waals surface area contributed by atoms with Crippen molar-refractivity contribution in [3.05, 3.63) is 87.6 Å². The summed E-state index contributed by atoms with van der Waals surface area (Å²) in [6.45, 7) is 5.02. The highest BCUT2D eigenvalue weighted by Crippen LogP contribution is 2.50. The Balaban J connectivity index is 0.852. The Bertz CT molecular complexity index is 2980. The smallest absolute Gasteiger partial charge is 0.407 e. The van der Waals surface area contributed by atoms with E-state index in [0.717, 1.165) is 69.6 Å². The summed E-state index contributed by atoms with van der Waals surface area (Å²) in [6, 6.07) is 13.2. The van der Waals surface area contributed by atoms with E-state index >= 15 is 8.78 Å². The first-order valence-electron chi connectivity index (χ1n) is 25.2. The first-order chi connectivity index (χ1) is 34.8. The fraction of sp³-hybridized carbons (Fsp3) is 0.481. The molecule has 0 spiro atoms. The second-order valence-corrected chi connectivity index (χ2v) is 21.5. The third-order valence-electron chi connectivity index (χ3n) is 15.5. The predicted octanol–water partition coefficient (Wildman–Crippen LogP) is 9.30. The molecule has 2 aromatic heterocycles. The molecular weight excluding hydrogens is 945 g/mol. The van der Waals surface area contributed by atoms with Crippen molar-refractivity contribution in [3.8, 4) is 17.0 Å². The standard InChI is InChI=1S/C54H59F2N7O8S/c1-29(2)47(59-52(66)68-3)49(64)61-17-5-7-40(61)38-24-35(28-58-38)32-22-36(55)46-42-25-33-21-31(11-12-39(33)63(42)51(71-43(46)26-32)45-14-13-44(72-45)30-9-10-30)34-23-37(57-27-34)41-8-6-18-62(41)50(65)48(60-53(67)69-4)54(56)15-19-70-20-16-54/h11-14,21-22,25-30,40-41,47-48,51H,5-10,15-20,23-24H2,1-4H3,(H,59,66)(H,60,67)/t40-,41-,47-,48?,51?/m0/s1. The van der Waals surface area contributed by atoms with Crippen LogP contribution >= 0.6 is 11.3 Å². The minimum atomic E-state index is -1.98. The molecule has 2 unspecified atom stereocenters. The molecule has 0 radical (unpaired) electrons. The molecule has 5 atom stereocenters. The maximum Gasteiger partial charge on any atom is 0.407 e. The Morgan fingerprint density at radius 2 is 1.43 bits per heavy atom. The van der Waals surface area contributed by atoms with Crippen LogP contribution in [0.5, 0.6) is 5.75 Å². The monoisotopic (exact) mass is 1000 g/mol. The van der Waals surface area contributed by atoms with Crippen LogP contribution in [0.3, 0.4) is 0 Å². The molecule has 2 aromatic carbocycles. The largest absolute Gasteiger partial charge is 0.464 e. The maximum atomic E-state index is 17.0. The number of alkyl halides is 1. The van der Waals surface area contributed by atoms with Crippen LogP contribution in [-0.4, -0.2) is 120 Å². The van der Waals surface area contributed by atoms with E-state index in [2.05, 4.69) is 33.4 Å². The summed E-state index contributed by atoms with van der Waals surface area (Å²) in [4.78, 5) is 68.1. The fourth-order valence-corrected chi connectivity index (χ4v) is 12.7. The van der Waals surface area contributed by atoms with E-state index in [0.29, 0.717) is 67.3 Å². The van der Waals surface area contributed by atoms with Crippen molar-refractivity contribution in [3.63, 3.8) is 0 Å². The number of fused-ring (bicyclic) bond motifs is 5. The van der Waals surface area contributed by atoms with E-state index in [1.165, 1.54) is 19.1 Å². The van der Waals surface area contributed by atoms with E-state index in [-0.39, 0.29) is 50.0 Å². The summed E-state index contributed by atoms with van der Waals surface area (Å²) in [6.07, 6.45) is 7.60. The number of halogens is 2. The average molecular weight is 1000 g/mol. The van der Waals surface area contributed by atoms with Crippen LogP contribution in [0.4, 0.5) is 18.4 Å². The number of alkyl carbamates (subject to hydrolysis) is 2. The summed E-state index contributed by atoms with van der Waals surface area (Å²) in [5, 5.41) is 6.12. The highest BCUT2D eigenvalue weighted by atomic mass is 32.1. The van der Waals surface area contributed by atoms with Crippen LogP contribution in [-0.2, 0) is 23.8 Å². The zero-order chi connectivity index (χ0) is 50.0. The van der Waals surface area contributed by atoms with Crippen LogP contribution in [0.1, 0.15) is 111 Å². The molecule has 18 heteroatoms. The van der Waals surface area contributed by atoms with E-state index in [4.69, 9.17) is 28.9 Å². The molecule has 378 valence electrons. The molecular formula is C54H59F2N7O8S. The SMILES string of the molecule is COC(=O)NC(C(=O)N1CCC[C@H]1C1=NC=C(c2ccc3c(c2)cc2n3C(c3ccc(C4CC4)s3)Oc3cc(C4=CN=C([C@@H]5CCCN5C(=O)[C@@H](NC(=O)OC)C(C)C)C4)cc(F)c3-2)C1)C1(F)CCOCC1. The predicted molar refractivity (Wildman–Crippen MR) is 269 cm³/mol. The van der Waals surface area contributed by atoms with Gasteiger partial charge in [0.15, 0.2) is 0 Å². The Morgan fingerprint density at radius 3 is 2.08 bits per heavy atom. The van der Waals surface area contributed by atoms with Crippen molar-refractivity contribution in [2.24, 2.45) is 15.9 Å². The number of thiophene rings is 1. The lowest BCUT2D eigenvalue weighted by molar-refractivity contribution is -0.140. The van der Waals surface area contributed by atoms with Gasteiger partial charge in [0.1, 0.15) is 29.3 Å². The maximum absolute atomic E-state index is 17.0. The van der Waals surface area contributed by atoms with Crippen LogP contribution in [0.15, 0.2) is 70.9 Å². The minimum absolute atomic E-state index is 0.0225. The molecule has 3 saturated heterocycles. The van der Waals surface area contributed by atoms with Crippen LogP contribution < -0.4 is 15.4 Å². The zero-order valence-corrected chi connectivity index (χ0v) is 41.7. The minimum Gasteiger partial charge on any atom is -0.464 e. The molecule has 4 amide bonds. The normalized spacial score (nSPS) is 23.1. The second-order valence-electron chi connectivity index (χ2n) is 20.3. The highest BCUT2D eigenvalue weighted by Gasteiger charge is 2.50. The van der Waals surface area contributed by atoms with Crippen LogP contribution in [0.2, 0.25) is 0 Å². The van der Waals surface area contributed by atoms with Crippen LogP contribution in [0.25, 0.3) is 33.3 Å². The number of carbonyl (C=O) groups is 4. The van der Waals surface area contributed by atoms with Crippen molar-refractivity contribution in [1.82, 2.24) is 25.0 Å². The number of hydrogen-bond acceptors (Lipinski definition) is 11. The lowest BCUT2D eigenvalue weighted by Crippen LogP contribution is -2.61. The number of amides is 4. The molecule has 6 aliphatic heterocycles. The van der Waals surface area contributed by atoms with Crippen LogP contribution in [0, 0.1) is 11.7 Å². The summed E-state index contributed by atoms with van der Waals surface area (Å²) in [7, 11) is 2.47. The molecule has 4 fully saturated rings. The molecule has 15 nitrogen and oxygen atoms in total. The Hall–Kier alpha value is -6.40. The van der Waals surface area contributed by atoms with Gasteiger partial charge in [0.25, 0.3) is 0 Å². The number of allylic oxidation sites excluding steroid dienone is 2. The quantitative estimate of drug-likeness (QED) is 0.142. The first kappa shape index (κ1) is 47.9. The summed E-state index contributed by atoms with van der Waals surface area (Å²) >= 11 is 1.73. The number of benzene rings is 2. The molecule has 7 aliphatic rings. The Labute approximate surface area is 420 Å². The van der Waals surface area contributed by atoms with Gasteiger partial charge in [-0.25, -0.2) is 18.4 Å². The molecule has 2 N–H and O–H groups in total. The summed E-state index contributed by atoms with van der Waals surface area (Å²) in [5.74, 6) is -0.284. The van der Waals surface area contributed by atoms with Crippen molar-refractivity contribution >= 4 is 68.8 Å². The third-order valence-corrected chi connectivity index (χ3v) is 16.8. The number of methoxy groups -OCH3 is 2. The van der Waals surface area contributed by atoms with Gasteiger partial charge >= 0.3 is 12.2 Å². The number of aliphatic imine (C=N–C) groups is 2. The molecule has 4 aromatic rings. The van der Waals surface area contributed by atoms with Crippen molar-refractivity contribution < 1.29 is 46.9 Å². The molecule has 1 saturated carbocycles. The zero-order valence-electron chi connectivity index (χ0n) is 40.9. The van der Waals surface area contributed by atoms with E-state index < -0.39 is 47.9 Å². The fourth-order valence-electron chi connectivity index (χ4n) is 11.5. The van der Waals surface area contributed by atoms with E-state index in [1.807, 2.05) is 44.3 Å². The number of hydrogen-bond donors (Lipinski definition) is 2. The van der Waals surface area contributed by atoms with E-state index in [1.54, 1.807) is 33.4 Å². The van der Waals surface area contributed by atoms with Gasteiger partial charge in [-0.05, 0) is 115 Å². The number of aromatic nitrogens is 1. The molecule has 8 heterocycles. The average Bonchev–Trinajstić information content (AvgIpc) is 4.11. The number of carbonyl (C=O) groups excluding carboxylic acids is 4.